The first-order valence-electron chi connectivity index (χ1n) is 14.9. The van der Waals surface area contributed by atoms with Gasteiger partial charge in [0.05, 0.1) is 44.3 Å². The van der Waals surface area contributed by atoms with Crippen molar-refractivity contribution in [3.63, 3.8) is 0 Å². The van der Waals surface area contributed by atoms with Crippen molar-refractivity contribution in [3.8, 4) is 11.5 Å². The highest BCUT2D eigenvalue weighted by atomic mass is 79.9. The van der Waals surface area contributed by atoms with Gasteiger partial charge in [0.1, 0.15) is 63.3 Å². The number of halogens is 4. The second-order valence-corrected chi connectivity index (χ2v) is 13.9. The van der Waals surface area contributed by atoms with E-state index >= 15 is 0 Å². The van der Waals surface area contributed by atoms with E-state index in [-0.39, 0.29) is 66.1 Å². The number of hydrogen-bond donors (Lipinski definition) is 2. The summed E-state index contributed by atoms with van der Waals surface area (Å²) in [5.74, 6) is 1.05. The topological polar surface area (TPSA) is 148 Å². The highest BCUT2D eigenvalue weighted by Gasteiger charge is 2.28. The molecule has 16 heteroatoms. The van der Waals surface area contributed by atoms with Gasteiger partial charge in [0.2, 0.25) is 0 Å². The van der Waals surface area contributed by atoms with Crippen LogP contribution in [0.1, 0.15) is 25.0 Å². The van der Waals surface area contributed by atoms with Gasteiger partial charge < -0.3 is 48.1 Å². The molecule has 2 rings (SSSR count). The van der Waals surface area contributed by atoms with Crippen LogP contribution in [0.5, 0.6) is 11.5 Å². The molecule has 0 radical (unpaired) electrons. The summed E-state index contributed by atoms with van der Waals surface area (Å²) in [5.41, 5.74) is 1.44. The summed E-state index contributed by atoms with van der Waals surface area (Å²) in [4.78, 5) is 22.8. The van der Waals surface area contributed by atoms with E-state index in [4.69, 9.17) is 37.9 Å². The second-order valence-electron chi connectivity index (χ2n) is 10.5. The fourth-order valence-corrected chi connectivity index (χ4v) is 6.79. The molecule has 0 amide bonds. The zero-order valence-corrected chi connectivity index (χ0v) is 33.4. The van der Waals surface area contributed by atoms with Crippen molar-refractivity contribution in [2.75, 3.05) is 66.1 Å². The summed E-state index contributed by atoms with van der Waals surface area (Å²) in [6.07, 6.45) is -0.129. The third kappa shape index (κ3) is 14.5. The molecule has 0 spiro atoms. The van der Waals surface area contributed by atoms with E-state index in [9.17, 15) is 19.8 Å². The van der Waals surface area contributed by atoms with Gasteiger partial charge in [-0.15, -0.1) is 0 Å². The molecule has 0 aliphatic heterocycles. The molecule has 2 aromatic carbocycles. The number of benzene rings is 2. The third-order valence-electron chi connectivity index (χ3n) is 6.63. The summed E-state index contributed by atoms with van der Waals surface area (Å²) in [6, 6.07) is 7.82. The SMILES string of the molecule is C=CCOC(=O)OCCOC(CO)COc1c(Br)cc(C(C)(C)c2cc(Br)c(OCC(CO)OCCOC(=O)OCC=C)c(Br)c2)cc1Br. The number of carbonyl (C=O) groups is 2. The maximum Gasteiger partial charge on any atom is 0.508 e. The molecule has 2 unspecified atom stereocenters. The van der Waals surface area contributed by atoms with Crippen LogP contribution in [0.25, 0.3) is 0 Å². The van der Waals surface area contributed by atoms with Gasteiger partial charge in [-0.25, -0.2) is 9.59 Å². The maximum absolute atomic E-state index is 11.4. The molecule has 0 fully saturated rings. The van der Waals surface area contributed by atoms with Gasteiger partial charge in [-0.05, 0) is 99.1 Å². The van der Waals surface area contributed by atoms with E-state index in [1.165, 1.54) is 12.2 Å². The summed E-state index contributed by atoms with van der Waals surface area (Å²) >= 11 is 14.5. The minimum Gasteiger partial charge on any atom is -0.488 e. The van der Waals surface area contributed by atoms with Crippen LogP contribution >= 0.6 is 63.7 Å². The molecule has 0 aliphatic carbocycles. The first-order valence-corrected chi connectivity index (χ1v) is 18.0. The molecular formula is C33H40Br4O12. The molecule has 2 N–H and O–H groups in total. The standard InChI is InChI=1S/C33H40Br4O12/c1-5-7-44-31(40)46-11-9-42-23(17-38)19-48-29-25(34)13-21(14-26(29)35)33(3,4)22-15-27(36)30(28(37)16-22)49-20-24(18-39)43-10-12-47-32(41)45-8-6-2/h5-6,13-16,23-24,38-39H,1-2,7-12,17-20H2,3-4H3. The Morgan fingerprint density at radius 3 is 1.33 bits per heavy atom. The van der Waals surface area contributed by atoms with Crippen LogP contribution in [0.15, 0.2) is 67.5 Å². The zero-order chi connectivity index (χ0) is 36.4. The average Bonchev–Trinajstić information content (AvgIpc) is 3.06. The first-order chi connectivity index (χ1) is 23.4. The largest absolute Gasteiger partial charge is 0.508 e. The Bertz CT molecular complexity index is 1240. The lowest BCUT2D eigenvalue weighted by Crippen LogP contribution is -2.28. The fourth-order valence-electron chi connectivity index (χ4n) is 3.96. The normalized spacial score (nSPS) is 12.4. The predicted molar refractivity (Wildman–Crippen MR) is 195 cm³/mol. The molecule has 0 bridgehead atoms. The maximum atomic E-state index is 11.4. The van der Waals surface area contributed by atoms with Crippen molar-refractivity contribution in [1.29, 1.82) is 0 Å². The van der Waals surface area contributed by atoms with Crippen molar-refractivity contribution in [2.24, 2.45) is 0 Å². The van der Waals surface area contributed by atoms with Crippen LogP contribution < -0.4 is 9.47 Å². The molecule has 272 valence electrons. The quantitative estimate of drug-likeness (QED) is 0.0696. The van der Waals surface area contributed by atoms with Crippen molar-refractivity contribution >= 4 is 76.0 Å². The average molecular weight is 948 g/mol. The molecule has 0 aliphatic rings. The number of rotatable bonds is 22. The number of aliphatic hydroxyl groups is 2. The molecule has 2 aromatic rings. The van der Waals surface area contributed by atoms with Crippen molar-refractivity contribution in [3.05, 3.63) is 78.6 Å². The van der Waals surface area contributed by atoms with E-state index < -0.39 is 29.9 Å². The summed E-state index contributed by atoms with van der Waals surface area (Å²) < 4.78 is 45.0. The first kappa shape index (κ1) is 43.0. The van der Waals surface area contributed by atoms with Crippen LogP contribution in [0, 0.1) is 0 Å². The number of carbonyl (C=O) groups excluding carboxylic acids is 2. The van der Waals surface area contributed by atoms with E-state index in [1.807, 2.05) is 24.3 Å². The Labute approximate surface area is 319 Å². The highest BCUT2D eigenvalue weighted by Crippen LogP contribution is 2.44. The Balaban J connectivity index is 2.02. The number of aliphatic hydroxyl groups excluding tert-OH is 2. The smallest absolute Gasteiger partial charge is 0.488 e. The molecular weight excluding hydrogens is 908 g/mol. The molecule has 0 saturated carbocycles. The minimum absolute atomic E-state index is 0.0411. The van der Waals surface area contributed by atoms with Crippen LogP contribution in [0.4, 0.5) is 9.59 Å². The minimum atomic E-state index is -0.830. The Kier molecular flexibility index (Phi) is 19.8. The lowest BCUT2D eigenvalue weighted by atomic mass is 9.78. The Morgan fingerprint density at radius 1 is 0.673 bits per heavy atom. The monoisotopic (exact) mass is 944 g/mol. The zero-order valence-electron chi connectivity index (χ0n) is 27.1. The van der Waals surface area contributed by atoms with E-state index in [0.717, 1.165) is 11.1 Å². The Morgan fingerprint density at radius 2 is 1.02 bits per heavy atom. The number of hydrogen-bond acceptors (Lipinski definition) is 12. The third-order valence-corrected chi connectivity index (χ3v) is 8.98. The van der Waals surface area contributed by atoms with Gasteiger partial charge in [-0.1, -0.05) is 39.2 Å². The van der Waals surface area contributed by atoms with Gasteiger partial charge in [-0.2, -0.15) is 0 Å². The van der Waals surface area contributed by atoms with Gasteiger partial charge in [0, 0.05) is 5.41 Å². The van der Waals surface area contributed by atoms with Crippen molar-refractivity contribution < 1.29 is 57.7 Å². The summed E-state index contributed by atoms with van der Waals surface area (Å²) in [6.45, 7) is 10.6. The lowest BCUT2D eigenvalue weighted by Gasteiger charge is -2.29. The molecule has 12 nitrogen and oxygen atoms in total. The van der Waals surface area contributed by atoms with Crippen LogP contribution in [0.3, 0.4) is 0 Å². The van der Waals surface area contributed by atoms with Crippen LogP contribution in [0.2, 0.25) is 0 Å². The molecule has 0 heterocycles. The van der Waals surface area contributed by atoms with Gasteiger partial charge >= 0.3 is 12.3 Å². The molecule has 2 atom stereocenters. The Hall–Kier alpha value is -2.18. The fraction of sp³-hybridized carbons (Fsp3) is 0.455. The van der Waals surface area contributed by atoms with Crippen LogP contribution in [-0.2, 0) is 33.8 Å². The molecule has 0 aromatic heterocycles. The molecule has 0 saturated heterocycles. The van der Waals surface area contributed by atoms with Crippen molar-refractivity contribution in [1.82, 2.24) is 0 Å². The second kappa shape index (κ2) is 22.6. The lowest BCUT2D eigenvalue weighted by molar-refractivity contribution is -0.0351. The van der Waals surface area contributed by atoms with Crippen LogP contribution in [-0.4, -0.2) is 101 Å². The van der Waals surface area contributed by atoms with E-state index in [0.29, 0.717) is 29.4 Å². The van der Waals surface area contributed by atoms with Gasteiger partial charge in [-0.3, -0.25) is 0 Å². The van der Waals surface area contributed by atoms with Gasteiger partial charge in [0.25, 0.3) is 0 Å². The number of ether oxygens (including phenoxy) is 8. The van der Waals surface area contributed by atoms with E-state index in [1.54, 1.807) is 0 Å². The van der Waals surface area contributed by atoms with Gasteiger partial charge in [0.15, 0.2) is 0 Å². The molecule has 49 heavy (non-hydrogen) atoms. The highest BCUT2D eigenvalue weighted by molar-refractivity contribution is 9.11. The predicted octanol–water partition coefficient (Wildman–Crippen LogP) is 7.25. The van der Waals surface area contributed by atoms with Crippen molar-refractivity contribution in [2.45, 2.75) is 31.5 Å². The van der Waals surface area contributed by atoms with E-state index in [2.05, 4.69) is 90.7 Å². The summed E-state index contributed by atoms with van der Waals surface area (Å²) in [7, 11) is 0. The summed E-state index contributed by atoms with van der Waals surface area (Å²) in [5, 5.41) is 19.5.